The molecule has 1 aromatic rings. The van der Waals surface area contributed by atoms with Crippen LogP contribution in [-0.4, -0.2) is 57.4 Å². The zero-order chi connectivity index (χ0) is 20.7. The second kappa shape index (κ2) is 10.3. The Hall–Kier alpha value is -1.51. The number of sulfonamides is 1. The van der Waals surface area contributed by atoms with E-state index >= 15 is 0 Å². The molecule has 1 saturated heterocycles. The number of nitrogens with zero attached hydrogens (tertiary/aromatic N) is 1. The van der Waals surface area contributed by atoms with E-state index in [1.54, 1.807) is 0 Å². The van der Waals surface area contributed by atoms with Crippen LogP contribution in [0.1, 0.15) is 40.0 Å². The molecule has 6 nitrogen and oxygen atoms in total. The summed E-state index contributed by atoms with van der Waals surface area (Å²) in [5.41, 5.74) is 0. The van der Waals surface area contributed by atoms with Crippen molar-refractivity contribution in [3.8, 4) is 0 Å². The van der Waals surface area contributed by atoms with Gasteiger partial charge in [-0.3, -0.25) is 4.79 Å². The van der Waals surface area contributed by atoms with E-state index in [-0.39, 0.29) is 16.8 Å². The monoisotopic (exact) mass is 414 g/mol. The molecule has 0 bridgehead atoms. The van der Waals surface area contributed by atoms with Crippen LogP contribution in [0.2, 0.25) is 0 Å². The van der Waals surface area contributed by atoms with Gasteiger partial charge in [-0.05, 0) is 43.5 Å². The van der Waals surface area contributed by atoms with Crippen molar-refractivity contribution in [2.24, 2.45) is 5.92 Å². The molecule has 2 rings (SSSR count). The number of nitrogens with one attached hydrogen (secondary N) is 2. The topological polar surface area (TPSA) is 70.9 Å². The van der Waals surface area contributed by atoms with Crippen LogP contribution in [0.15, 0.2) is 29.2 Å². The van der Waals surface area contributed by atoms with Crippen molar-refractivity contribution in [3.05, 3.63) is 30.1 Å². The van der Waals surface area contributed by atoms with Gasteiger partial charge in [0.2, 0.25) is 10.0 Å². The molecule has 158 valence electrons. The highest BCUT2D eigenvalue weighted by Crippen LogP contribution is 2.16. The Balaban J connectivity index is 1.77. The smallest absolute Gasteiger partial charge is 0.275 e. The Morgan fingerprint density at radius 3 is 2.32 bits per heavy atom. The summed E-state index contributed by atoms with van der Waals surface area (Å²) in [7, 11) is -3.61. The van der Waals surface area contributed by atoms with Crippen molar-refractivity contribution in [1.82, 2.24) is 9.62 Å². The van der Waals surface area contributed by atoms with E-state index < -0.39 is 15.8 Å². The first kappa shape index (κ1) is 22.8. The second-order valence-corrected chi connectivity index (χ2v) is 10.0. The summed E-state index contributed by atoms with van der Waals surface area (Å²) in [6, 6.07) is 5.05. The predicted octanol–water partition coefficient (Wildman–Crippen LogP) is 1.05. The van der Waals surface area contributed by atoms with Gasteiger partial charge in [0.15, 0.2) is 6.54 Å². The number of quaternary nitrogens is 1. The lowest BCUT2D eigenvalue weighted by atomic mass is 10.0. The first-order chi connectivity index (χ1) is 13.2. The number of benzene rings is 1. The van der Waals surface area contributed by atoms with E-state index in [4.69, 9.17) is 0 Å². The Morgan fingerprint density at radius 1 is 1.14 bits per heavy atom. The number of piperazine rings is 1. The SMILES string of the molecule is CC(C)CCC[C@@H](C)NC(=O)C[NH+]1CCN(S(=O)(=O)c2ccc(F)cc2)CC1. The molecule has 0 saturated carbocycles. The summed E-state index contributed by atoms with van der Waals surface area (Å²) in [6.07, 6.45) is 3.24. The van der Waals surface area contributed by atoms with Crippen molar-refractivity contribution in [2.45, 2.75) is 51.0 Å². The number of hydrogen-bond donors (Lipinski definition) is 2. The molecule has 0 unspecified atom stereocenters. The van der Waals surface area contributed by atoms with Crippen molar-refractivity contribution >= 4 is 15.9 Å². The maximum absolute atomic E-state index is 13.0. The van der Waals surface area contributed by atoms with Gasteiger partial charge in [-0.2, -0.15) is 4.31 Å². The first-order valence-electron chi connectivity index (χ1n) is 10.1. The number of rotatable bonds is 9. The van der Waals surface area contributed by atoms with Gasteiger partial charge in [0.25, 0.3) is 5.91 Å². The molecule has 1 fully saturated rings. The lowest BCUT2D eigenvalue weighted by Gasteiger charge is -2.31. The number of carbonyl (C=O) groups excluding carboxylic acids is 1. The lowest BCUT2D eigenvalue weighted by Crippen LogP contribution is -3.15. The molecule has 0 aliphatic carbocycles. The Bertz CT molecular complexity index is 730. The van der Waals surface area contributed by atoms with Crippen molar-refractivity contribution in [1.29, 1.82) is 0 Å². The largest absolute Gasteiger partial charge is 0.349 e. The van der Waals surface area contributed by atoms with Crippen LogP contribution < -0.4 is 10.2 Å². The average Bonchev–Trinajstić information content (AvgIpc) is 2.62. The van der Waals surface area contributed by atoms with Gasteiger partial charge in [-0.15, -0.1) is 0 Å². The van der Waals surface area contributed by atoms with E-state index in [2.05, 4.69) is 19.2 Å². The predicted molar refractivity (Wildman–Crippen MR) is 107 cm³/mol. The molecule has 1 aliphatic heterocycles. The number of hydrogen-bond acceptors (Lipinski definition) is 3. The minimum atomic E-state index is -3.61. The van der Waals surface area contributed by atoms with E-state index in [1.165, 1.54) is 16.4 Å². The number of amides is 1. The van der Waals surface area contributed by atoms with E-state index in [9.17, 15) is 17.6 Å². The number of carbonyl (C=O) groups is 1. The maximum atomic E-state index is 13.0. The molecule has 2 N–H and O–H groups in total. The van der Waals surface area contributed by atoms with Gasteiger partial charge < -0.3 is 10.2 Å². The third kappa shape index (κ3) is 6.83. The number of halogens is 1. The lowest BCUT2D eigenvalue weighted by molar-refractivity contribution is -0.895. The summed E-state index contributed by atoms with van der Waals surface area (Å²) in [4.78, 5) is 13.4. The Kier molecular flexibility index (Phi) is 8.39. The van der Waals surface area contributed by atoms with Crippen LogP contribution in [-0.2, 0) is 14.8 Å². The van der Waals surface area contributed by atoms with Crippen molar-refractivity contribution in [2.75, 3.05) is 32.7 Å². The van der Waals surface area contributed by atoms with Crippen LogP contribution in [0.3, 0.4) is 0 Å². The van der Waals surface area contributed by atoms with Crippen LogP contribution in [0, 0.1) is 11.7 Å². The molecular weight excluding hydrogens is 381 g/mol. The molecule has 1 heterocycles. The van der Waals surface area contributed by atoms with E-state index in [0.29, 0.717) is 38.6 Å². The normalized spacial score (nSPS) is 17.6. The highest BCUT2D eigenvalue weighted by Gasteiger charge is 2.31. The fraction of sp³-hybridized carbons (Fsp3) is 0.650. The van der Waals surface area contributed by atoms with Gasteiger partial charge in [0.1, 0.15) is 5.82 Å². The molecule has 0 radical (unpaired) electrons. The third-order valence-corrected chi connectivity index (χ3v) is 7.03. The molecule has 0 aromatic heterocycles. The average molecular weight is 415 g/mol. The Morgan fingerprint density at radius 2 is 1.75 bits per heavy atom. The minimum absolute atomic E-state index is 0.0156. The molecule has 1 aliphatic rings. The van der Waals surface area contributed by atoms with E-state index in [1.807, 2.05) is 6.92 Å². The Labute approximate surface area is 168 Å². The minimum Gasteiger partial charge on any atom is -0.349 e. The van der Waals surface area contributed by atoms with Crippen LogP contribution in [0.25, 0.3) is 0 Å². The molecule has 0 spiro atoms. The summed E-state index contributed by atoms with van der Waals surface area (Å²) in [5.74, 6) is 0.231. The van der Waals surface area contributed by atoms with Gasteiger partial charge in [-0.25, -0.2) is 12.8 Å². The highest BCUT2D eigenvalue weighted by molar-refractivity contribution is 7.89. The summed E-state index contributed by atoms with van der Waals surface area (Å²) in [5, 5.41) is 3.05. The van der Waals surface area contributed by atoms with Gasteiger partial charge in [-0.1, -0.05) is 26.7 Å². The molecule has 8 heteroatoms. The maximum Gasteiger partial charge on any atom is 0.275 e. The second-order valence-electron chi connectivity index (χ2n) is 8.08. The van der Waals surface area contributed by atoms with Crippen LogP contribution in [0.5, 0.6) is 0 Å². The molecule has 1 aromatic carbocycles. The quantitative estimate of drug-likeness (QED) is 0.635. The summed E-state index contributed by atoms with van der Waals surface area (Å²) < 4.78 is 39.7. The zero-order valence-corrected chi connectivity index (χ0v) is 17.9. The molecule has 1 atom stereocenters. The third-order valence-electron chi connectivity index (χ3n) is 5.12. The van der Waals surface area contributed by atoms with Crippen molar-refractivity contribution < 1.29 is 22.5 Å². The summed E-state index contributed by atoms with van der Waals surface area (Å²) in [6.45, 7) is 8.65. The van der Waals surface area contributed by atoms with Crippen LogP contribution in [0.4, 0.5) is 4.39 Å². The summed E-state index contributed by atoms with van der Waals surface area (Å²) >= 11 is 0. The van der Waals surface area contributed by atoms with Gasteiger partial charge in [0.05, 0.1) is 31.1 Å². The highest BCUT2D eigenvalue weighted by atomic mass is 32.2. The molecule has 1 amide bonds. The molecular formula is C20H33FN3O3S+. The molecule has 28 heavy (non-hydrogen) atoms. The standard InChI is InChI=1S/C20H32FN3O3S/c1-16(2)5-4-6-17(3)22-20(25)15-23-11-13-24(14-12-23)28(26,27)19-9-7-18(21)8-10-19/h7-10,16-17H,4-6,11-15H2,1-3H3,(H,22,25)/p+1/t17-/m1/s1. The van der Waals surface area contributed by atoms with Crippen molar-refractivity contribution in [3.63, 3.8) is 0 Å². The van der Waals surface area contributed by atoms with Gasteiger partial charge >= 0.3 is 0 Å². The van der Waals surface area contributed by atoms with E-state index in [0.717, 1.165) is 36.3 Å². The first-order valence-corrected chi connectivity index (χ1v) is 11.5. The fourth-order valence-corrected chi connectivity index (χ4v) is 4.87. The van der Waals surface area contributed by atoms with Gasteiger partial charge in [0, 0.05) is 6.04 Å². The van der Waals surface area contributed by atoms with Crippen LogP contribution >= 0.6 is 0 Å². The zero-order valence-electron chi connectivity index (χ0n) is 17.1. The fourth-order valence-electron chi connectivity index (χ4n) is 3.43.